The van der Waals surface area contributed by atoms with E-state index in [-0.39, 0.29) is 29.1 Å². The van der Waals surface area contributed by atoms with Gasteiger partial charge in [0.15, 0.2) is 0 Å². The van der Waals surface area contributed by atoms with Crippen LogP contribution in [0.15, 0.2) is 58.4 Å². The van der Waals surface area contributed by atoms with E-state index in [0.29, 0.717) is 40.0 Å². The molecular weight excluding hydrogens is 541 g/mol. The highest BCUT2D eigenvalue weighted by Gasteiger charge is 2.56. The van der Waals surface area contributed by atoms with Gasteiger partial charge in [-0.3, -0.25) is 23.7 Å². The van der Waals surface area contributed by atoms with Crippen LogP contribution in [0.1, 0.15) is 35.6 Å². The average Bonchev–Trinajstić information content (AvgIpc) is 3.40. The monoisotopic (exact) mass is 567 g/mol. The van der Waals surface area contributed by atoms with Crippen molar-refractivity contribution in [2.75, 3.05) is 25.1 Å². The maximum Gasteiger partial charge on any atom is 0.308 e. The van der Waals surface area contributed by atoms with Gasteiger partial charge in [0, 0.05) is 23.9 Å². The van der Waals surface area contributed by atoms with Crippen molar-refractivity contribution in [2.45, 2.75) is 42.0 Å². The van der Waals surface area contributed by atoms with Gasteiger partial charge in [0.1, 0.15) is 23.4 Å². The summed E-state index contributed by atoms with van der Waals surface area (Å²) in [5.74, 6) is -2.13. The third-order valence-corrected chi connectivity index (χ3v) is 10.2. The summed E-state index contributed by atoms with van der Waals surface area (Å²) < 4.78 is 20.5. The number of hydrogen-bond acceptors (Lipinski definition) is 7. The average molecular weight is 568 g/mol. The Kier molecular flexibility index (Phi) is 6.80. The second-order valence-corrected chi connectivity index (χ2v) is 12.0. The van der Waals surface area contributed by atoms with Crippen molar-refractivity contribution in [3.05, 3.63) is 74.5 Å². The zero-order chi connectivity index (χ0) is 27.3. The number of amides is 3. The van der Waals surface area contributed by atoms with Gasteiger partial charge < -0.3 is 9.64 Å². The number of carbonyl (C=O) groups is 3. The summed E-state index contributed by atoms with van der Waals surface area (Å²) in [6.45, 7) is 1.22. The number of anilines is 1. The Morgan fingerprint density at radius 2 is 1.67 bits per heavy atom. The van der Waals surface area contributed by atoms with Gasteiger partial charge in [0.05, 0.1) is 23.7 Å². The van der Waals surface area contributed by atoms with Gasteiger partial charge in [-0.15, -0.1) is 0 Å². The molecule has 3 atom stereocenters. The van der Waals surface area contributed by atoms with Crippen molar-refractivity contribution in [1.29, 1.82) is 0 Å². The number of thioether (sulfide) groups is 1. The highest BCUT2D eigenvalue weighted by Crippen LogP contribution is 2.53. The van der Waals surface area contributed by atoms with Gasteiger partial charge in [-0.1, -0.05) is 35.2 Å². The first-order chi connectivity index (χ1) is 18.9. The first kappa shape index (κ1) is 25.8. The van der Waals surface area contributed by atoms with E-state index in [4.69, 9.17) is 4.74 Å². The van der Waals surface area contributed by atoms with Crippen molar-refractivity contribution in [3.63, 3.8) is 0 Å². The van der Waals surface area contributed by atoms with Crippen LogP contribution >= 0.6 is 23.1 Å². The van der Waals surface area contributed by atoms with Gasteiger partial charge in [-0.2, -0.15) is 0 Å². The van der Waals surface area contributed by atoms with E-state index in [1.165, 1.54) is 40.5 Å². The van der Waals surface area contributed by atoms with Crippen LogP contribution in [-0.4, -0.2) is 52.6 Å². The molecule has 202 valence electrons. The first-order valence-electron chi connectivity index (χ1n) is 12.8. The number of carbonyl (C=O) groups excluding carboxylic acids is 3. The molecule has 39 heavy (non-hydrogen) atoms. The van der Waals surface area contributed by atoms with Crippen LogP contribution < -0.4 is 14.5 Å². The molecule has 0 N–H and O–H groups in total. The number of aromatic nitrogens is 1. The van der Waals surface area contributed by atoms with Gasteiger partial charge in [-0.25, -0.2) is 9.29 Å². The lowest BCUT2D eigenvalue weighted by Gasteiger charge is -2.31. The molecule has 6 rings (SSSR count). The number of piperidine rings is 1. The second-order valence-electron chi connectivity index (χ2n) is 9.87. The predicted octanol–water partition coefficient (Wildman–Crippen LogP) is 3.87. The Hall–Kier alpha value is -3.44. The van der Waals surface area contributed by atoms with Crippen molar-refractivity contribution in [3.8, 4) is 5.75 Å². The Morgan fingerprint density at radius 1 is 0.974 bits per heavy atom. The maximum absolute atomic E-state index is 13.9. The minimum absolute atomic E-state index is 0.116. The van der Waals surface area contributed by atoms with Gasteiger partial charge >= 0.3 is 4.87 Å². The number of benzene rings is 2. The summed E-state index contributed by atoms with van der Waals surface area (Å²) in [4.78, 5) is 57.3. The van der Waals surface area contributed by atoms with Crippen LogP contribution in [0.4, 0.5) is 10.1 Å². The molecule has 8 nitrogen and oxygen atoms in total. The van der Waals surface area contributed by atoms with Crippen LogP contribution in [0.3, 0.4) is 0 Å². The molecule has 1 aromatic heterocycles. The lowest BCUT2D eigenvalue weighted by molar-refractivity contribution is -0.133. The van der Waals surface area contributed by atoms with Crippen LogP contribution in [0.2, 0.25) is 0 Å². The van der Waals surface area contributed by atoms with Crippen LogP contribution in [0.25, 0.3) is 0 Å². The van der Waals surface area contributed by atoms with E-state index in [9.17, 15) is 23.6 Å². The zero-order valence-corrected chi connectivity index (χ0v) is 22.8. The summed E-state index contributed by atoms with van der Waals surface area (Å²) >= 11 is 2.17. The summed E-state index contributed by atoms with van der Waals surface area (Å²) in [5, 5.41) is -0.267. The maximum atomic E-state index is 13.9. The Bertz CT molecular complexity index is 1490. The van der Waals surface area contributed by atoms with Crippen LogP contribution in [-0.2, 0) is 20.9 Å². The third-order valence-electron chi connectivity index (χ3n) is 7.61. The number of fused-ring (bicyclic) bond motifs is 2. The number of halogens is 1. The number of methoxy groups -OCH3 is 1. The second kappa shape index (κ2) is 10.3. The lowest BCUT2D eigenvalue weighted by Crippen LogP contribution is -2.39. The topological polar surface area (TPSA) is 88.9 Å². The number of likely N-dealkylation sites (tertiary alicyclic amines) is 1. The number of ether oxygens (including phenoxy) is 1. The number of nitrogens with zero attached hydrogens (tertiary/aromatic N) is 3. The van der Waals surface area contributed by atoms with E-state index >= 15 is 0 Å². The number of thiazole rings is 1. The van der Waals surface area contributed by atoms with Crippen LogP contribution in [0.5, 0.6) is 5.75 Å². The first-order valence-corrected chi connectivity index (χ1v) is 14.5. The van der Waals surface area contributed by atoms with E-state index in [1.54, 1.807) is 41.3 Å². The van der Waals surface area contributed by atoms with Crippen molar-refractivity contribution in [1.82, 2.24) is 9.47 Å². The number of imide groups is 1. The van der Waals surface area contributed by atoms with E-state index in [0.717, 1.165) is 30.6 Å². The molecule has 4 heterocycles. The molecule has 3 aromatic rings. The quantitative estimate of drug-likeness (QED) is 0.435. The number of hydrogen-bond donors (Lipinski definition) is 0. The predicted molar refractivity (Wildman–Crippen MR) is 146 cm³/mol. The molecule has 3 unspecified atom stereocenters. The van der Waals surface area contributed by atoms with Gasteiger partial charge in [-0.05, 0) is 61.2 Å². The molecular formula is C28H26FN3O5S2. The van der Waals surface area contributed by atoms with E-state index in [1.807, 2.05) is 0 Å². The molecule has 0 aliphatic carbocycles. The molecule has 3 aliphatic heterocycles. The molecule has 0 saturated carbocycles. The molecule has 0 radical (unpaired) electrons. The van der Waals surface area contributed by atoms with E-state index < -0.39 is 22.9 Å². The molecule has 2 aromatic carbocycles. The van der Waals surface area contributed by atoms with Crippen molar-refractivity contribution < 1.29 is 23.5 Å². The molecule has 0 spiro atoms. The Labute approximate surface area is 232 Å². The largest absolute Gasteiger partial charge is 0.497 e. The molecule has 3 aliphatic rings. The highest BCUT2D eigenvalue weighted by atomic mass is 32.2. The fourth-order valence-corrected chi connectivity index (χ4v) is 8.42. The fourth-order valence-electron chi connectivity index (χ4n) is 5.65. The SMILES string of the molecule is COc1ccc(N2C(=O)C3Sc4c(sc(=O)n4CC(=O)N4CCCCC4)C(c4ccc(F)cc4)C3C2=O)cc1. The highest BCUT2D eigenvalue weighted by molar-refractivity contribution is 8.00. The minimum Gasteiger partial charge on any atom is -0.497 e. The third kappa shape index (κ3) is 4.47. The molecule has 2 saturated heterocycles. The fraction of sp³-hybridized carbons (Fsp3) is 0.357. The van der Waals surface area contributed by atoms with Crippen molar-refractivity contribution >= 4 is 46.5 Å². The summed E-state index contributed by atoms with van der Waals surface area (Å²) in [7, 11) is 1.54. The minimum atomic E-state index is -0.799. The summed E-state index contributed by atoms with van der Waals surface area (Å²) in [6.07, 6.45) is 2.95. The molecule has 3 amide bonds. The molecule has 0 bridgehead atoms. The van der Waals surface area contributed by atoms with Gasteiger partial charge in [0.2, 0.25) is 17.7 Å². The van der Waals surface area contributed by atoms with Gasteiger partial charge in [0.25, 0.3) is 0 Å². The Morgan fingerprint density at radius 3 is 2.33 bits per heavy atom. The normalized spacial score (nSPS) is 22.6. The molecule has 2 fully saturated rings. The smallest absolute Gasteiger partial charge is 0.308 e. The van der Waals surface area contributed by atoms with E-state index in [2.05, 4.69) is 0 Å². The molecule has 11 heteroatoms. The standard InChI is InChI=1S/C28H26FN3O5S2/c1-37-19-11-9-18(10-12-19)32-25(34)22-21(16-5-7-17(29)8-6-16)24-27(38-23(22)26(32)35)31(28(36)39-24)15-20(33)30-13-3-2-4-14-30/h5-12,21-23H,2-4,13-15H2,1H3. The lowest BCUT2D eigenvalue weighted by atomic mass is 9.83. The Balaban J connectivity index is 1.42. The summed E-state index contributed by atoms with van der Waals surface area (Å²) in [6, 6.07) is 12.5. The van der Waals surface area contributed by atoms with Crippen LogP contribution in [0, 0.1) is 11.7 Å². The number of rotatable bonds is 5. The summed E-state index contributed by atoms with van der Waals surface area (Å²) in [5.41, 5.74) is 1.07. The zero-order valence-electron chi connectivity index (χ0n) is 21.2. The van der Waals surface area contributed by atoms with Crippen molar-refractivity contribution in [2.24, 2.45) is 5.92 Å².